The van der Waals surface area contributed by atoms with Crippen LogP contribution in [0.15, 0.2) is 35.1 Å². The molecule has 0 aromatic rings. The average Bonchev–Trinajstić information content (AvgIpc) is 1.85. The molecule has 1 N–H and O–H groups in total. The fourth-order valence-corrected chi connectivity index (χ4v) is 0.248. The first-order valence-corrected chi connectivity index (χ1v) is 2.32. The van der Waals surface area contributed by atoms with Gasteiger partial charge in [-0.05, 0) is 0 Å². The maximum atomic E-state index is 7.94. The van der Waals surface area contributed by atoms with Crippen molar-refractivity contribution in [1.82, 2.24) is 0 Å². The van der Waals surface area contributed by atoms with E-state index in [0.717, 1.165) is 6.21 Å². The fourth-order valence-electron chi connectivity index (χ4n) is 0.248. The normalized spacial score (nSPS) is 10.7. The Labute approximate surface area is 53.7 Å². The highest BCUT2D eigenvalue weighted by Crippen LogP contribution is 1.83. The minimum absolute atomic E-state index is 0.386. The van der Waals surface area contributed by atoms with Gasteiger partial charge in [-0.1, -0.05) is 24.4 Å². The molecule has 0 saturated heterocycles. The van der Waals surface area contributed by atoms with Gasteiger partial charge in [-0.2, -0.15) is 0 Å². The van der Waals surface area contributed by atoms with Gasteiger partial charge in [0.25, 0.3) is 0 Å². The second-order valence-corrected chi connectivity index (χ2v) is 1.25. The van der Waals surface area contributed by atoms with E-state index in [0.29, 0.717) is 5.70 Å². The molecule has 0 aromatic carbocycles. The van der Waals surface area contributed by atoms with Crippen LogP contribution in [0.3, 0.4) is 0 Å². The second-order valence-electron chi connectivity index (χ2n) is 1.25. The Morgan fingerprint density at radius 1 is 1.56 bits per heavy atom. The van der Waals surface area contributed by atoms with Crippen molar-refractivity contribution in [2.45, 2.75) is 0 Å². The lowest BCUT2D eigenvalue weighted by Crippen LogP contribution is -1.76. The summed E-state index contributed by atoms with van der Waals surface area (Å²) in [5.74, 6) is 0. The lowest BCUT2D eigenvalue weighted by molar-refractivity contribution is 0.321. The number of nitrogens with zero attached hydrogens (tertiary/aromatic N) is 2. The third-order valence-electron chi connectivity index (χ3n) is 0.553. The SMILES string of the molecule is C=CC=NC(=C)/C=N\O. The molecule has 0 rings (SSSR count). The maximum absolute atomic E-state index is 7.94. The van der Waals surface area contributed by atoms with Gasteiger partial charge >= 0.3 is 0 Å². The van der Waals surface area contributed by atoms with Crippen molar-refractivity contribution in [3.8, 4) is 0 Å². The third-order valence-corrected chi connectivity index (χ3v) is 0.553. The zero-order chi connectivity index (χ0) is 7.11. The summed E-state index contributed by atoms with van der Waals surface area (Å²) in [6.45, 7) is 6.82. The van der Waals surface area contributed by atoms with E-state index in [9.17, 15) is 0 Å². The summed E-state index contributed by atoms with van der Waals surface area (Å²) in [5, 5.41) is 10.7. The van der Waals surface area contributed by atoms with Gasteiger partial charge in [0.15, 0.2) is 0 Å². The van der Waals surface area contributed by atoms with E-state index in [2.05, 4.69) is 23.3 Å². The van der Waals surface area contributed by atoms with Gasteiger partial charge in [-0.3, -0.25) is 4.99 Å². The largest absolute Gasteiger partial charge is 0.411 e. The van der Waals surface area contributed by atoms with E-state index in [1.54, 1.807) is 0 Å². The lowest BCUT2D eigenvalue weighted by Gasteiger charge is -1.81. The van der Waals surface area contributed by atoms with Crippen LogP contribution in [-0.2, 0) is 0 Å². The minimum atomic E-state index is 0.386. The highest BCUT2D eigenvalue weighted by molar-refractivity contribution is 5.82. The van der Waals surface area contributed by atoms with Gasteiger partial charge in [-0.25, -0.2) is 0 Å². The number of rotatable bonds is 3. The molecule has 0 unspecified atom stereocenters. The van der Waals surface area contributed by atoms with E-state index >= 15 is 0 Å². The minimum Gasteiger partial charge on any atom is -0.411 e. The predicted molar refractivity (Wildman–Crippen MR) is 38.1 cm³/mol. The van der Waals surface area contributed by atoms with E-state index in [4.69, 9.17) is 5.21 Å². The first-order chi connectivity index (χ1) is 4.31. The van der Waals surface area contributed by atoms with Crippen molar-refractivity contribution >= 4 is 12.4 Å². The smallest absolute Gasteiger partial charge is 0.0911 e. The third kappa shape index (κ3) is 4.47. The summed E-state index contributed by atoms with van der Waals surface area (Å²) < 4.78 is 0. The molecule has 0 amide bonds. The van der Waals surface area contributed by atoms with Crippen molar-refractivity contribution in [2.24, 2.45) is 10.1 Å². The molecule has 48 valence electrons. The Kier molecular flexibility index (Phi) is 4.04. The van der Waals surface area contributed by atoms with Crippen LogP contribution in [0, 0.1) is 0 Å². The summed E-state index contributed by atoms with van der Waals surface area (Å²) in [6, 6.07) is 0. The molecule has 0 aliphatic carbocycles. The number of hydrogen-bond acceptors (Lipinski definition) is 3. The summed E-state index contributed by atoms with van der Waals surface area (Å²) in [4.78, 5) is 3.69. The molecule has 0 radical (unpaired) electrons. The van der Waals surface area contributed by atoms with Crippen molar-refractivity contribution in [3.05, 3.63) is 24.9 Å². The van der Waals surface area contributed by atoms with Crippen molar-refractivity contribution in [3.63, 3.8) is 0 Å². The van der Waals surface area contributed by atoms with Gasteiger partial charge < -0.3 is 5.21 Å². The highest BCUT2D eigenvalue weighted by atomic mass is 16.4. The first-order valence-electron chi connectivity index (χ1n) is 2.32. The number of aliphatic imine (C=N–C) groups is 1. The molecule has 0 spiro atoms. The molecule has 9 heavy (non-hydrogen) atoms. The topological polar surface area (TPSA) is 45.0 Å². The van der Waals surface area contributed by atoms with E-state index in [1.165, 1.54) is 12.3 Å². The van der Waals surface area contributed by atoms with Gasteiger partial charge in [0.1, 0.15) is 0 Å². The Balaban J connectivity index is 3.76. The maximum Gasteiger partial charge on any atom is 0.0911 e. The molecule has 0 fully saturated rings. The van der Waals surface area contributed by atoms with Crippen molar-refractivity contribution in [2.75, 3.05) is 0 Å². The molecule has 0 atom stereocenters. The monoisotopic (exact) mass is 124 g/mol. The molecule has 3 nitrogen and oxygen atoms in total. The summed E-state index contributed by atoms with van der Waals surface area (Å²) >= 11 is 0. The van der Waals surface area contributed by atoms with Crippen molar-refractivity contribution in [1.29, 1.82) is 0 Å². The molecule has 0 bridgehead atoms. The average molecular weight is 124 g/mol. The van der Waals surface area contributed by atoms with Crippen LogP contribution >= 0.6 is 0 Å². The molecule has 0 aliphatic heterocycles. The van der Waals surface area contributed by atoms with Gasteiger partial charge in [0.05, 0.1) is 11.9 Å². The molecule has 0 saturated carbocycles. The zero-order valence-corrected chi connectivity index (χ0v) is 4.99. The van der Waals surface area contributed by atoms with Crippen LogP contribution < -0.4 is 0 Å². The quantitative estimate of drug-likeness (QED) is 0.343. The van der Waals surface area contributed by atoms with Crippen LogP contribution in [0.4, 0.5) is 0 Å². The standard InChI is InChI=1S/C6H8N2O/c1-3-4-7-6(2)5-8-9/h3-5,9H,1-2H2/b7-4?,8-5-. The molecule has 0 aromatic heterocycles. The van der Waals surface area contributed by atoms with E-state index < -0.39 is 0 Å². The Morgan fingerprint density at radius 3 is 2.67 bits per heavy atom. The van der Waals surface area contributed by atoms with Crippen molar-refractivity contribution < 1.29 is 5.21 Å². The zero-order valence-electron chi connectivity index (χ0n) is 4.99. The molecular formula is C6H8N2O. The van der Waals surface area contributed by atoms with Crippen LogP contribution in [0.25, 0.3) is 0 Å². The van der Waals surface area contributed by atoms with Crippen LogP contribution in [0.5, 0.6) is 0 Å². The first kappa shape index (κ1) is 7.62. The number of oxime groups is 1. The predicted octanol–water partition coefficient (Wildman–Crippen LogP) is 1.22. The Morgan fingerprint density at radius 2 is 2.22 bits per heavy atom. The summed E-state index contributed by atoms with van der Waals surface area (Å²) in [6.07, 6.45) is 4.11. The van der Waals surface area contributed by atoms with Crippen LogP contribution in [0.1, 0.15) is 0 Å². The summed E-state index contributed by atoms with van der Waals surface area (Å²) in [5.41, 5.74) is 0.386. The van der Waals surface area contributed by atoms with Gasteiger partial charge in [-0.15, -0.1) is 0 Å². The van der Waals surface area contributed by atoms with Gasteiger partial charge in [0.2, 0.25) is 0 Å². The molecule has 0 heterocycles. The molecule has 0 aliphatic rings. The Bertz CT molecular complexity index is 158. The van der Waals surface area contributed by atoms with Crippen LogP contribution in [-0.4, -0.2) is 17.6 Å². The highest BCUT2D eigenvalue weighted by Gasteiger charge is 1.76. The summed E-state index contributed by atoms with van der Waals surface area (Å²) in [7, 11) is 0. The fraction of sp³-hybridized carbons (Fsp3) is 0. The number of hydrogen-bond donors (Lipinski definition) is 1. The molecule has 3 heteroatoms. The Hall–Kier alpha value is -1.38. The van der Waals surface area contributed by atoms with E-state index in [1.807, 2.05) is 0 Å². The van der Waals surface area contributed by atoms with Gasteiger partial charge in [0, 0.05) is 6.21 Å². The molecular weight excluding hydrogens is 116 g/mol. The number of allylic oxidation sites excluding steroid dienone is 2. The van der Waals surface area contributed by atoms with E-state index in [-0.39, 0.29) is 0 Å². The second kappa shape index (κ2) is 4.77. The lowest BCUT2D eigenvalue weighted by atomic mass is 10.5. The van der Waals surface area contributed by atoms with Crippen LogP contribution in [0.2, 0.25) is 0 Å².